The number of para-hydroxylation sites is 1. The maximum Gasteiger partial charge on any atom is 0.0721 e. The molecule has 0 spiro atoms. The van der Waals surface area contributed by atoms with Gasteiger partial charge in [-0.05, 0) is 38.8 Å². The van der Waals surface area contributed by atoms with Gasteiger partial charge in [0.05, 0.1) is 15.7 Å². The van der Waals surface area contributed by atoms with Crippen LogP contribution >= 0.6 is 23.2 Å². The maximum absolute atomic E-state index is 6.17. The van der Waals surface area contributed by atoms with E-state index in [2.05, 4.69) is 24.1 Å². The molecule has 1 aromatic rings. The van der Waals surface area contributed by atoms with Gasteiger partial charge in [-0.2, -0.15) is 0 Å². The summed E-state index contributed by atoms with van der Waals surface area (Å²) in [5, 5.41) is 4.89. The van der Waals surface area contributed by atoms with Crippen LogP contribution in [-0.2, 0) is 0 Å². The molecule has 1 fully saturated rings. The molecule has 1 heterocycles. The Labute approximate surface area is 119 Å². The van der Waals surface area contributed by atoms with Crippen LogP contribution < -0.4 is 5.32 Å². The third-order valence-electron chi connectivity index (χ3n) is 3.57. The third-order valence-corrected chi connectivity index (χ3v) is 4.20. The van der Waals surface area contributed by atoms with Crippen molar-refractivity contribution in [2.45, 2.75) is 38.8 Å². The minimum absolute atomic E-state index is 0.470. The standard InChI is InChI=1S/C14H20Cl2N2/c1-10(2)18-8-6-11(7-9-18)17-14-12(15)4-3-5-13(14)16/h3-5,10-11,17H,6-9H2,1-2H3. The zero-order valence-corrected chi connectivity index (χ0v) is 12.4. The van der Waals surface area contributed by atoms with Gasteiger partial charge in [0.1, 0.15) is 0 Å². The van der Waals surface area contributed by atoms with E-state index in [0.717, 1.165) is 31.6 Å². The van der Waals surface area contributed by atoms with Crippen molar-refractivity contribution in [1.82, 2.24) is 4.90 Å². The fraction of sp³-hybridized carbons (Fsp3) is 0.571. The van der Waals surface area contributed by atoms with E-state index >= 15 is 0 Å². The van der Waals surface area contributed by atoms with E-state index in [1.807, 2.05) is 18.2 Å². The molecule has 1 saturated heterocycles. The summed E-state index contributed by atoms with van der Waals surface area (Å²) in [7, 11) is 0. The van der Waals surface area contributed by atoms with Gasteiger partial charge < -0.3 is 10.2 Å². The first kappa shape index (κ1) is 14.0. The van der Waals surface area contributed by atoms with E-state index in [1.165, 1.54) is 0 Å². The average molecular weight is 287 g/mol. The predicted octanol–water partition coefficient (Wildman–Crippen LogP) is 4.28. The lowest BCUT2D eigenvalue weighted by Gasteiger charge is -2.35. The molecular formula is C14H20Cl2N2. The average Bonchev–Trinajstić information content (AvgIpc) is 2.34. The van der Waals surface area contributed by atoms with E-state index in [1.54, 1.807) is 0 Å². The molecule has 0 aliphatic carbocycles. The molecule has 1 aliphatic rings. The predicted molar refractivity (Wildman–Crippen MR) is 79.8 cm³/mol. The highest BCUT2D eigenvalue weighted by atomic mass is 35.5. The van der Waals surface area contributed by atoms with E-state index in [9.17, 15) is 0 Å². The number of hydrogen-bond acceptors (Lipinski definition) is 2. The number of likely N-dealkylation sites (tertiary alicyclic amines) is 1. The van der Waals surface area contributed by atoms with Crippen LogP contribution in [0.2, 0.25) is 10.0 Å². The molecule has 0 radical (unpaired) electrons. The van der Waals surface area contributed by atoms with Crippen LogP contribution in [0.1, 0.15) is 26.7 Å². The van der Waals surface area contributed by atoms with Gasteiger partial charge in [-0.25, -0.2) is 0 Å². The van der Waals surface area contributed by atoms with Crippen molar-refractivity contribution >= 4 is 28.9 Å². The van der Waals surface area contributed by atoms with E-state index in [4.69, 9.17) is 23.2 Å². The van der Waals surface area contributed by atoms with E-state index in [-0.39, 0.29) is 0 Å². The number of rotatable bonds is 3. The Hall–Kier alpha value is -0.440. The summed E-state index contributed by atoms with van der Waals surface area (Å²) in [4.78, 5) is 2.51. The minimum Gasteiger partial charge on any atom is -0.380 e. The normalized spacial score (nSPS) is 18.3. The summed E-state index contributed by atoms with van der Waals surface area (Å²) < 4.78 is 0. The van der Waals surface area contributed by atoms with Crippen LogP contribution in [0.4, 0.5) is 5.69 Å². The Morgan fingerprint density at radius 1 is 1.17 bits per heavy atom. The van der Waals surface area contributed by atoms with Gasteiger partial charge in [0.15, 0.2) is 0 Å². The highest BCUT2D eigenvalue weighted by Gasteiger charge is 2.21. The van der Waals surface area contributed by atoms with Crippen molar-refractivity contribution in [1.29, 1.82) is 0 Å². The van der Waals surface area contributed by atoms with Gasteiger partial charge >= 0.3 is 0 Å². The Bertz CT molecular complexity index is 379. The van der Waals surface area contributed by atoms with Crippen molar-refractivity contribution < 1.29 is 0 Å². The Morgan fingerprint density at radius 2 is 1.72 bits per heavy atom. The number of nitrogens with one attached hydrogen (secondary N) is 1. The third kappa shape index (κ3) is 3.31. The summed E-state index contributed by atoms with van der Waals surface area (Å²) in [5.41, 5.74) is 0.879. The molecule has 1 aromatic carbocycles. The number of halogens is 2. The lowest BCUT2D eigenvalue weighted by molar-refractivity contribution is 0.177. The highest BCUT2D eigenvalue weighted by Crippen LogP contribution is 2.31. The van der Waals surface area contributed by atoms with Crippen LogP contribution in [0, 0.1) is 0 Å². The van der Waals surface area contributed by atoms with E-state index < -0.39 is 0 Å². The number of anilines is 1. The second-order valence-electron chi connectivity index (χ2n) is 5.14. The first-order valence-electron chi connectivity index (χ1n) is 6.52. The SMILES string of the molecule is CC(C)N1CCC(Nc2c(Cl)cccc2Cl)CC1. The van der Waals surface area contributed by atoms with Crippen LogP contribution in [0.15, 0.2) is 18.2 Å². The number of hydrogen-bond donors (Lipinski definition) is 1. The van der Waals surface area contributed by atoms with Gasteiger partial charge in [0.2, 0.25) is 0 Å². The largest absolute Gasteiger partial charge is 0.380 e. The number of piperidine rings is 1. The van der Waals surface area contributed by atoms with Crippen LogP contribution in [0.3, 0.4) is 0 Å². The fourth-order valence-corrected chi connectivity index (χ4v) is 2.91. The summed E-state index contributed by atoms with van der Waals surface area (Å²) in [6, 6.07) is 6.72. The molecule has 2 nitrogen and oxygen atoms in total. The monoisotopic (exact) mass is 286 g/mol. The Morgan fingerprint density at radius 3 is 2.22 bits per heavy atom. The molecule has 0 atom stereocenters. The van der Waals surface area contributed by atoms with Crippen molar-refractivity contribution in [3.8, 4) is 0 Å². The van der Waals surface area contributed by atoms with Gasteiger partial charge in [0, 0.05) is 25.2 Å². The molecule has 18 heavy (non-hydrogen) atoms. The molecule has 100 valence electrons. The summed E-state index contributed by atoms with van der Waals surface area (Å²) in [6.45, 7) is 6.77. The second kappa shape index (κ2) is 6.14. The molecule has 0 saturated carbocycles. The molecule has 2 rings (SSSR count). The van der Waals surface area contributed by atoms with Crippen LogP contribution in [0.5, 0.6) is 0 Å². The Kier molecular flexibility index (Phi) is 4.77. The molecular weight excluding hydrogens is 267 g/mol. The molecule has 0 aromatic heterocycles. The minimum atomic E-state index is 0.470. The Balaban J connectivity index is 1.96. The smallest absolute Gasteiger partial charge is 0.0721 e. The first-order valence-corrected chi connectivity index (χ1v) is 7.28. The van der Waals surface area contributed by atoms with Crippen LogP contribution in [-0.4, -0.2) is 30.1 Å². The van der Waals surface area contributed by atoms with Crippen LogP contribution in [0.25, 0.3) is 0 Å². The summed E-state index contributed by atoms with van der Waals surface area (Å²) in [6.07, 6.45) is 2.28. The van der Waals surface area contributed by atoms with Crippen molar-refractivity contribution in [3.63, 3.8) is 0 Å². The molecule has 0 amide bonds. The quantitative estimate of drug-likeness (QED) is 0.892. The van der Waals surface area contributed by atoms with Gasteiger partial charge in [0.25, 0.3) is 0 Å². The molecule has 0 unspecified atom stereocenters. The molecule has 4 heteroatoms. The number of nitrogens with zero attached hydrogens (tertiary/aromatic N) is 1. The zero-order chi connectivity index (χ0) is 13.1. The maximum atomic E-state index is 6.17. The van der Waals surface area contributed by atoms with Gasteiger partial charge in [-0.15, -0.1) is 0 Å². The first-order chi connectivity index (χ1) is 8.58. The lowest BCUT2D eigenvalue weighted by atomic mass is 10.0. The lowest BCUT2D eigenvalue weighted by Crippen LogP contribution is -2.42. The topological polar surface area (TPSA) is 15.3 Å². The summed E-state index contributed by atoms with van der Waals surface area (Å²) in [5.74, 6) is 0. The van der Waals surface area contributed by atoms with E-state index in [0.29, 0.717) is 22.1 Å². The van der Waals surface area contributed by atoms with Crippen molar-refractivity contribution in [2.24, 2.45) is 0 Å². The zero-order valence-electron chi connectivity index (χ0n) is 10.9. The second-order valence-corrected chi connectivity index (χ2v) is 5.96. The van der Waals surface area contributed by atoms with Crippen molar-refractivity contribution in [2.75, 3.05) is 18.4 Å². The summed E-state index contributed by atoms with van der Waals surface area (Å²) >= 11 is 12.3. The molecule has 1 N–H and O–H groups in total. The van der Waals surface area contributed by atoms with Crippen molar-refractivity contribution in [3.05, 3.63) is 28.2 Å². The highest BCUT2D eigenvalue weighted by molar-refractivity contribution is 6.39. The number of benzene rings is 1. The fourth-order valence-electron chi connectivity index (χ4n) is 2.40. The molecule has 0 bridgehead atoms. The van der Waals surface area contributed by atoms with Gasteiger partial charge in [-0.3, -0.25) is 0 Å². The molecule has 1 aliphatic heterocycles. The van der Waals surface area contributed by atoms with Gasteiger partial charge in [-0.1, -0.05) is 29.3 Å².